The smallest absolute Gasteiger partial charge is 0.223 e. The van der Waals surface area contributed by atoms with Crippen molar-refractivity contribution in [2.45, 2.75) is 38.5 Å². The zero-order chi connectivity index (χ0) is 21.0. The van der Waals surface area contributed by atoms with E-state index in [-0.39, 0.29) is 29.4 Å². The van der Waals surface area contributed by atoms with E-state index in [4.69, 9.17) is 0 Å². The fourth-order valence-electron chi connectivity index (χ4n) is 3.62. The van der Waals surface area contributed by atoms with E-state index in [9.17, 15) is 17.6 Å². The highest BCUT2D eigenvalue weighted by Crippen LogP contribution is 2.24. The summed E-state index contributed by atoms with van der Waals surface area (Å²) in [5, 5.41) is 2.96. The Morgan fingerprint density at radius 3 is 2.38 bits per heavy atom. The van der Waals surface area contributed by atoms with Gasteiger partial charge in [-0.1, -0.05) is 36.4 Å². The maximum Gasteiger partial charge on any atom is 0.223 e. The molecule has 1 fully saturated rings. The maximum atomic E-state index is 13.1. The summed E-state index contributed by atoms with van der Waals surface area (Å²) in [6.07, 6.45) is 0.990. The van der Waals surface area contributed by atoms with Crippen LogP contribution in [0, 0.1) is 18.7 Å². The van der Waals surface area contributed by atoms with E-state index >= 15 is 0 Å². The molecule has 156 valence electrons. The van der Waals surface area contributed by atoms with E-state index in [1.165, 1.54) is 16.4 Å². The molecule has 0 radical (unpaired) electrons. The molecule has 1 saturated heterocycles. The van der Waals surface area contributed by atoms with E-state index < -0.39 is 10.0 Å². The fourth-order valence-corrected chi connectivity index (χ4v) is 5.29. The van der Waals surface area contributed by atoms with Gasteiger partial charge in [0.25, 0.3) is 0 Å². The van der Waals surface area contributed by atoms with Crippen LogP contribution in [0.25, 0.3) is 0 Å². The molecule has 3 rings (SSSR count). The van der Waals surface area contributed by atoms with Gasteiger partial charge in [-0.15, -0.1) is 0 Å². The Labute approximate surface area is 172 Å². The SMILES string of the molecule is Cc1ccccc1CS(=O)(=O)N1CCC(C(=O)NC(C)c2ccc(F)cc2)CC1. The molecule has 0 aromatic heterocycles. The monoisotopic (exact) mass is 418 g/mol. The summed E-state index contributed by atoms with van der Waals surface area (Å²) in [6, 6.07) is 13.3. The number of rotatable bonds is 6. The highest BCUT2D eigenvalue weighted by Gasteiger charge is 2.31. The Bertz CT molecular complexity index is 952. The van der Waals surface area contributed by atoms with Gasteiger partial charge in [-0.25, -0.2) is 17.1 Å². The summed E-state index contributed by atoms with van der Waals surface area (Å²) in [4.78, 5) is 12.6. The number of hydrogen-bond acceptors (Lipinski definition) is 3. The van der Waals surface area contributed by atoms with Crippen LogP contribution in [-0.2, 0) is 20.6 Å². The predicted molar refractivity (Wildman–Crippen MR) is 111 cm³/mol. The summed E-state index contributed by atoms with van der Waals surface area (Å²) in [7, 11) is -3.41. The van der Waals surface area contributed by atoms with Crippen LogP contribution >= 0.6 is 0 Å². The molecular formula is C22H27FN2O3S. The van der Waals surface area contributed by atoms with E-state index in [1.807, 2.05) is 38.1 Å². The van der Waals surface area contributed by atoms with E-state index in [2.05, 4.69) is 5.32 Å². The van der Waals surface area contributed by atoms with Crippen LogP contribution in [0.1, 0.15) is 42.5 Å². The molecular weight excluding hydrogens is 391 g/mol. The van der Waals surface area contributed by atoms with Crippen LogP contribution in [0.3, 0.4) is 0 Å². The summed E-state index contributed by atoms with van der Waals surface area (Å²) in [5.74, 6) is -0.634. The Kier molecular flexibility index (Phi) is 6.70. The second kappa shape index (κ2) is 9.05. The number of carbonyl (C=O) groups excluding carboxylic acids is 1. The number of hydrogen-bond donors (Lipinski definition) is 1. The molecule has 5 nitrogen and oxygen atoms in total. The Morgan fingerprint density at radius 1 is 1.14 bits per heavy atom. The van der Waals surface area contributed by atoms with Crippen molar-refractivity contribution in [1.29, 1.82) is 0 Å². The number of carbonyl (C=O) groups is 1. The topological polar surface area (TPSA) is 66.5 Å². The zero-order valence-corrected chi connectivity index (χ0v) is 17.6. The second-order valence-electron chi connectivity index (χ2n) is 7.64. The number of halogens is 1. The molecule has 1 N–H and O–H groups in total. The number of amides is 1. The highest BCUT2D eigenvalue weighted by molar-refractivity contribution is 7.88. The van der Waals surface area contributed by atoms with Gasteiger partial charge in [-0.2, -0.15) is 0 Å². The maximum absolute atomic E-state index is 13.1. The fraction of sp³-hybridized carbons (Fsp3) is 0.409. The lowest BCUT2D eigenvalue weighted by Gasteiger charge is -2.31. The number of aryl methyl sites for hydroxylation is 1. The van der Waals surface area contributed by atoms with Gasteiger partial charge >= 0.3 is 0 Å². The predicted octanol–water partition coefficient (Wildman–Crippen LogP) is 3.55. The molecule has 1 aliphatic heterocycles. The van der Waals surface area contributed by atoms with Gasteiger partial charge in [0.05, 0.1) is 11.8 Å². The number of nitrogens with zero attached hydrogens (tertiary/aromatic N) is 1. The third-order valence-corrected chi connectivity index (χ3v) is 7.37. The Hall–Kier alpha value is -2.25. The van der Waals surface area contributed by atoms with Gasteiger partial charge in [0.15, 0.2) is 0 Å². The molecule has 1 amide bonds. The average Bonchev–Trinajstić information content (AvgIpc) is 2.70. The molecule has 1 aliphatic rings. The molecule has 0 spiro atoms. The van der Waals surface area contributed by atoms with Crippen LogP contribution in [0.4, 0.5) is 4.39 Å². The molecule has 2 aromatic rings. The third-order valence-electron chi connectivity index (χ3n) is 5.55. The Balaban J connectivity index is 1.54. The number of nitrogens with one attached hydrogen (secondary N) is 1. The van der Waals surface area contributed by atoms with Gasteiger partial charge in [-0.3, -0.25) is 4.79 Å². The van der Waals surface area contributed by atoms with E-state index in [1.54, 1.807) is 12.1 Å². The van der Waals surface area contributed by atoms with Gasteiger partial charge in [0, 0.05) is 19.0 Å². The van der Waals surface area contributed by atoms with Crippen LogP contribution in [0.15, 0.2) is 48.5 Å². The standard InChI is InChI=1S/C22H27FN2O3S/c1-16-5-3-4-6-20(16)15-29(27,28)25-13-11-19(12-14-25)22(26)24-17(2)18-7-9-21(23)10-8-18/h3-10,17,19H,11-15H2,1-2H3,(H,24,26). The third kappa shape index (κ3) is 5.42. The van der Waals surface area contributed by atoms with Crippen molar-refractivity contribution in [2.24, 2.45) is 5.92 Å². The quantitative estimate of drug-likeness (QED) is 0.780. The summed E-state index contributed by atoms with van der Waals surface area (Å²) in [6.45, 7) is 4.45. The van der Waals surface area contributed by atoms with Gasteiger partial charge in [0.2, 0.25) is 15.9 Å². The molecule has 0 aliphatic carbocycles. The summed E-state index contributed by atoms with van der Waals surface area (Å²) < 4.78 is 40.1. The summed E-state index contributed by atoms with van der Waals surface area (Å²) >= 11 is 0. The van der Waals surface area contributed by atoms with Crippen molar-refractivity contribution in [1.82, 2.24) is 9.62 Å². The molecule has 0 bridgehead atoms. The molecule has 1 heterocycles. The van der Waals surface area contributed by atoms with Crippen molar-refractivity contribution < 1.29 is 17.6 Å². The molecule has 1 unspecified atom stereocenters. The first-order valence-electron chi connectivity index (χ1n) is 9.84. The molecule has 2 aromatic carbocycles. The Morgan fingerprint density at radius 2 is 1.76 bits per heavy atom. The zero-order valence-electron chi connectivity index (χ0n) is 16.8. The van der Waals surface area contributed by atoms with Crippen LogP contribution in [0.2, 0.25) is 0 Å². The lowest BCUT2D eigenvalue weighted by atomic mass is 9.96. The van der Waals surface area contributed by atoms with E-state index in [0.717, 1.165) is 16.7 Å². The molecule has 0 saturated carbocycles. The van der Waals surface area contributed by atoms with Crippen molar-refractivity contribution in [2.75, 3.05) is 13.1 Å². The van der Waals surface area contributed by atoms with Crippen LogP contribution < -0.4 is 5.32 Å². The molecule has 1 atom stereocenters. The molecule has 7 heteroatoms. The van der Waals surface area contributed by atoms with Crippen molar-refractivity contribution in [3.05, 3.63) is 71.0 Å². The highest BCUT2D eigenvalue weighted by atomic mass is 32.2. The van der Waals surface area contributed by atoms with E-state index in [0.29, 0.717) is 25.9 Å². The lowest BCUT2D eigenvalue weighted by Crippen LogP contribution is -2.43. The van der Waals surface area contributed by atoms with Crippen molar-refractivity contribution >= 4 is 15.9 Å². The van der Waals surface area contributed by atoms with Crippen molar-refractivity contribution in [3.63, 3.8) is 0 Å². The minimum Gasteiger partial charge on any atom is -0.349 e. The minimum atomic E-state index is -3.41. The number of sulfonamides is 1. The first-order valence-corrected chi connectivity index (χ1v) is 11.5. The van der Waals surface area contributed by atoms with Crippen LogP contribution in [0.5, 0.6) is 0 Å². The minimum absolute atomic E-state index is 0.0157. The first kappa shape index (κ1) is 21.5. The van der Waals surface area contributed by atoms with Gasteiger partial charge in [-0.05, 0) is 55.5 Å². The van der Waals surface area contributed by atoms with Gasteiger partial charge < -0.3 is 5.32 Å². The van der Waals surface area contributed by atoms with Gasteiger partial charge in [0.1, 0.15) is 5.82 Å². The lowest BCUT2D eigenvalue weighted by molar-refractivity contribution is -0.126. The normalized spacial score (nSPS) is 17.1. The molecule has 29 heavy (non-hydrogen) atoms. The average molecular weight is 419 g/mol. The van der Waals surface area contributed by atoms with Crippen LogP contribution in [-0.4, -0.2) is 31.7 Å². The number of benzene rings is 2. The second-order valence-corrected chi connectivity index (χ2v) is 9.61. The largest absolute Gasteiger partial charge is 0.349 e. The number of piperidine rings is 1. The first-order chi connectivity index (χ1) is 13.8. The summed E-state index contributed by atoms with van der Waals surface area (Å²) in [5.41, 5.74) is 2.60. The van der Waals surface area contributed by atoms with Crippen molar-refractivity contribution in [3.8, 4) is 0 Å².